The second kappa shape index (κ2) is 3.70. The Morgan fingerprint density at radius 2 is 2.23 bits per heavy atom. The van der Waals surface area contributed by atoms with E-state index in [4.69, 9.17) is 4.74 Å². The van der Waals surface area contributed by atoms with Gasteiger partial charge >= 0.3 is 5.97 Å². The number of aliphatic carboxylic acids is 1. The molecule has 0 radical (unpaired) electrons. The zero-order valence-electron chi connectivity index (χ0n) is 11.6. The number of fused-ring (bicyclic) bond motifs is 3. The zero-order chi connectivity index (χ0) is 15.1. The highest BCUT2D eigenvalue weighted by atomic mass is 16.5. The van der Waals surface area contributed by atoms with Crippen LogP contribution in [0.5, 0.6) is 0 Å². The summed E-state index contributed by atoms with van der Waals surface area (Å²) in [5, 5.41) is 12.9. The van der Waals surface area contributed by atoms with E-state index < -0.39 is 29.5 Å². The van der Waals surface area contributed by atoms with Gasteiger partial charge in [0.25, 0.3) is 0 Å². The Bertz CT molecular complexity index is 745. The molecule has 1 aromatic carbocycles. The smallest absolute Gasteiger partial charge is 0.310 e. The van der Waals surface area contributed by atoms with Crippen molar-refractivity contribution in [3.63, 3.8) is 0 Å². The maximum absolute atomic E-state index is 12.8. The van der Waals surface area contributed by atoms with E-state index in [9.17, 15) is 14.7 Å². The number of hydrogen-bond acceptors (Lipinski definition) is 4. The number of rotatable bonds is 1. The van der Waals surface area contributed by atoms with Crippen LogP contribution in [0.1, 0.15) is 5.56 Å². The molecule has 22 heavy (non-hydrogen) atoms. The predicted molar refractivity (Wildman–Crippen MR) is 75.8 cm³/mol. The number of nitrogens with one attached hydrogen (secondary N) is 1. The maximum atomic E-state index is 12.8. The summed E-state index contributed by atoms with van der Waals surface area (Å²) in [6, 6.07) is 7.82. The number of para-hydroxylation sites is 1. The molecule has 6 heteroatoms. The summed E-state index contributed by atoms with van der Waals surface area (Å²) in [5.41, 5.74) is 1.15. The maximum Gasteiger partial charge on any atom is 0.310 e. The molecule has 4 aliphatic rings. The second-order valence-corrected chi connectivity index (χ2v) is 6.31. The molecule has 0 unspecified atom stereocenters. The molecule has 112 valence electrons. The van der Waals surface area contributed by atoms with Crippen molar-refractivity contribution in [1.29, 1.82) is 0 Å². The lowest BCUT2D eigenvalue weighted by molar-refractivity contribution is -0.148. The Kier molecular flexibility index (Phi) is 2.06. The van der Waals surface area contributed by atoms with E-state index >= 15 is 0 Å². The number of amides is 1. The van der Waals surface area contributed by atoms with Crippen molar-refractivity contribution in [2.75, 3.05) is 5.32 Å². The molecule has 0 aliphatic carbocycles. The van der Waals surface area contributed by atoms with Crippen LogP contribution in [0, 0.1) is 11.8 Å². The van der Waals surface area contributed by atoms with E-state index in [2.05, 4.69) is 5.32 Å². The van der Waals surface area contributed by atoms with E-state index in [1.165, 1.54) is 0 Å². The molecule has 2 N–H and O–H groups in total. The van der Waals surface area contributed by atoms with E-state index in [1.807, 2.05) is 30.3 Å². The SMILES string of the molecule is O=C(O)[C@H]1[C@H]2C(=O)N3Cc4ccccc4N[C@@H]3[C@]23C=C[C@H]1O3. The highest BCUT2D eigenvalue weighted by Crippen LogP contribution is 2.56. The summed E-state index contributed by atoms with van der Waals surface area (Å²) in [5.74, 6) is -2.54. The first-order valence-corrected chi connectivity index (χ1v) is 7.37. The fourth-order valence-electron chi connectivity index (χ4n) is 4.39. The van der Waals surface area contributed by atoms with E-state index in [0.29, 0.717) is 6.54 Å². The van der Waals surface area contributed by atoms with Gasteiger partial charge in [-0.2, -0.15) is 0 Å². The van der Waals surface area contributed by atoms with Crippen molar-refractivity contribution in [1.82, 2.24) is 4.90 Å². The summed E-state index contributed by atoms with van der Waals surface area (Å²) in [4.78, 5) is 26.2. The van der Waals surface area contributed by atoms with Crippen molar-refractivity contribution >= 4 is 17.6 Å². The molecule has 4 heterocycles. The van der Waals surface area contributed by atoms with Crippen LogP contribution in [0.25, 0.3) is 0 Å². The van der Waals surface area contributed by atoms with Gasteiger partial charge in [-0.3, -0.25) is 9.59 Å². The zero-order valence-corrected chi connectivity index (χ0v) is 11.6. The molecule has 0 aromatic heterocycles. The van der Waals surface area contributed by atoms with Gasteiger partial charge in [-0.25, -0.2) is 0 Å². The molecule has 5 atom stereocenters. The predicted octanol–water partition coefficient (Wildman–Crippen LogP) is 0.805. The number of ether oxygens (including phenoxy) is 1. The number of hydrogen-bond donors (Lipinski definition) is 2. The van der Waals surface area contributed by atoms with E-state index in [1.54, 1.807) is 11.0 Å². The molecule has 6 nitrogen and oxygen atoms in total. The summed E-state index contributed by atoms with van der Waals surface area (Å²) in [7, 11) is 0. The van der Waals surface area contributed by atoms with Gasteiger partial charge in [-0.1, -0.05) is 24.3 Å². The molecule has 1 amide bonds. The molecule has 2 saturated heterocycles. The van der Waals surface area contributed by atoms with Gasteiger partial charge in [0, 0.05) is 12.2 Å². The molecular weight excluding hydrogens is 284 g/mol. The van der Waals surface area contributed by atoms with E-state index in [0.717, 1.165) is 11.3 Å². The number of carbonyl (C=O) groups is 2. The first kappa shape index (κ1) is 12.2. The standard InChI is InChI=1S/C16H14N2O4/c19-13-12-11(14(20)21)10-5-6-16(12,22-10)15-17-9-4-2-1-3-8(9)7-18(13)15/h1-6,10-12,15,17H,7H2,(H,20,21)/t10-,11-,12+,15+,16+/m1/s1. The van der Waals surface area contributed by atoms with Crippen LogP contribution in [-0.2, 0) is 20.9 Å². The molecule has 1 spiro atoms. The Morgan fingerprint density at radius 1 is 1.41 bits per heavy atom. The molecule has 2 fully saturated rings. The fraction of sp³-hybridized carbons (Fsp3) is 0.375. The third-order valence-electron chi connectivity index (χ3n) is 5.31. The van der Waals surface area contributed by atoms with Crippen molar-refractivity contribution in [2.45, 2.75) is 24.4 Å². The summed E-state index contributed by atoms with van der Waals surface area (Å²) < 4.78 is 6.00. The molecule has 0 saturated carbocycles. The highest BCUT2D eigenvalue weighted by molar-refractivity contribution is 5.92. The molecule has 2 bridgehead atoms. The Labute approximate surface area is 126 Å². The van der Waals surface area contributed by atoms with Crippen LogP contribution in [0.4, 0.5) is 5.69 Å². The van der Waals surface area contributed by atoms with E-state index in [-0.39, 0.29) is 12.1 Å². The minimum atomic E-state index is -0.966. The summed E-state index contributed by atoms with van der Waals surface area (Å²) in [6.45, 7) is 0.485. The lowest BCUT2D eigenvalue weighted by Crippen LogP contribution is -2.52. The second-order valence-electron chi connectivity index (χ2n) is 6.31. The Morgan fingerprint density at radius 3 is 3.05 bits per heavy atom. The van der Waals surface area contributed by atoms with Crippen LogP contribution in [-0.4, -0.2) is 39.8 Å². The minimum Gasteiger partial charge on any atom is -0.481 e. The van der Waals surface area contributed by atoms with Gasteiger partial charge in [-0.05, 0) is 17.7 Å². The first-order chi connectivity index (χ1) is 10.6. The normalized spacial score (nSPS) is 40.2. The number of carboxylic acid groups (broad SMARTS) is 1. The van der Waals surface area contributed by atoms with Gasteiger partial charge in [0.2, 0.25) is 5.91 Å². The van der Waals surface area contributed by atoms with Crippen LogP contribution >= 0.6 is 0 Å². The van der Waals surface area contributed by atoms with Crippen LogP contribution in [0.15, 0.2) is 36.4 Å². The third kappa shape index (κ3) is 1.21. The van der Waals surface area contributed by atoms with Gasteiger partial charge in [0.1, 0.15) is 17.7 Å². The van der Waals surface area contributed by atoms with Gasteiger partial charge in [-0.15, -0.1) is 0 Å². The number of anilines is 1. The number of carbonyl (C=O) groups excluding carboxylic acids is 1. The van der Waals surface area contributed by atoms with Gasteiger partial charge < -0.3 is 20.1 Å². The molecule has 4 aliphatic heterocycles. The van der Waals surface area contributed by atoms with Crippen molar-refractivity contribution < 1.29 is 19.4 Å². The quantitative estimate of drug-likeness (QED) is 0.750. The van der Waals surface area contributed by atoms with Crippen LogP contribution < -0.4 is 5.32 Å². The van der Waals surface area contributed by atoms with Crippen molar-refractivity contribution in [3.05, 3.63) is 42.0 Å². The topological polar surface area (TPSA) is 78.9 Å². The Hall–Kier alpha value is -2.34. The number of nitrogens with zero attached hydrogens (tertiary/aromatic N) is 1. The van der Waals surface area contributed by atoms with Crippen LogP contribution in [0.3, 0.4) is 0 Å². The lowest BCUT2D eigenvalue weighted by Gasteiger charge is -2.38. The first-order valence-electron chi connectivity index (χ1n) is 7.37. The summed E-state index contributed by atoms with van der Waals surface area (Å²) >= 11 is 0. The minimum absolute atomic E-state index is 0.133. The van der Waals surface area contributed by atoms with Crippen LogP contribution in [0.2, 0.25) is 0 Å². The van der Waals surface area contributed by atoms with Gasteiger partial charge in [0.15, 0.2) is 0 Å². The summed E-state index contributed by atoms with van der Waals surface area (Å²) in [6.07, 6.45) is 2.82. The molecule has 5 rings (SSSR count). The number of benzene rings is 1. The fourth-order valence-corrected chi connectivity index (χ4v) is 4.39. The molecular formula is C16H14N2O4. The Balaban J connectivity index is 1.64. The van der Waals surface area contributed by atoms with Gasteiger partial charge in [0.05, 0.1) is 12.0 Å². The average Bonchev–Trinajstić information content (AvgIpc) is 3.15. The monoisotopic (exact) mass is 298 g/mol. The van der Waals surface area contributed by atoms with Crippen molar-refractivity contribution in [3.8, 4) is 0 Å². The highest BCUT2D eigenvalue weighted by Gasteiger charge is 2.72. The molecule has 1 aromatic rings. The van der Waals surface area contributed by atoms with Crippen molar-refractivity contribution in [2.24, 2.45) is 11.8 Å². The largest absolute Gasteiger partial charge is 0.481 e. The third-order valence-corrected chi connectivity index (χ3v) is 5.31. The average molecular weight is 298 g/mol. The number of carboxylic acids is 1. The lowest BCUT2D eigenvalue weighted by atomic mass is 9.76.